The molecule has 0 bridgehead atoms. The van der Waals surface area contributed by atoms with Crippen molar-refractivity contribution < 1.29 is 9.53 Å². The lowest BCUT2D eigenvalue weighted by Crippen LogP contribution is -2.47. The number of likely N-dealkylation sites (N-methyl/N-ethyl adjacent to an activating group) is 1. The first-order chi connectivity index (χ1) is 16.1. The SMILES string of the molecule is CN1CCN(CC(NC(=O)c2cccc(OCc3cccc(Cl)c3)c2)c2ccccc2)CC1. The van der Waals surface area contributed by atoms with Gasteiger partial charge in [0.2, 0.25) is 0 Å². The molecular formula is C27H30ClN3O2. The summed E-state index contributed by atoms with van der Waals surface area (Å²) < 4.78 is 5.91. The largest absolute Gasteiger partial charge is 0.489 e. The maximum Gasteiger partial charge on any atom is 0.251 e. The number of halogens is 1. The number of hydrogen-bond acceptors (Lipinski definition) is 4. The molecule has 1 atom stereocenters. The number of carbonyl (C=O) groups excluding carboxylic acids is 1. The van der Waals surface area contributed by atoms with Crippen molar-refractivity contribution in [1.29, 1.82) is 0 Å². The second kappa shape index (κ2) is 11.3. The summed E-state index contributed by atoms with van der Waals surface area (Å²) in [6, 6.07) is 25.0. The van der Waals surface area contributed by atoms with Gasteiger partial charge < -0.3 is 15.0 Å². The summed E-state index contributed by atoms with van der Waals surface area (Å²) in [7, 11) is 2.15. The highest BCUT2D eigenvalue weighted by Crippen LogP contribution is 2.20. The highest BCUT2D eigenvalue weighted by Gasteiger charge is 2.22. The Morgan fingerprint density at radius 1 is 0.970 bits per heavy atom. The van der Waals surface area contributed by atoms with E-state index in [4.69, 9.17) is 16.3 Å². The lowest BCUT2D eigenvalue weighted by atomic mass is 10.0. The van der Waals surface area contributed by atoms with Crippen LogP contribution in [0.3, 0.4) is 0 Å². The average Bonchev–Trinajstić information content (AvgIpc) is 2.84. The van der Waals surface area contributed by atoms with Crippen molar-refractivity contribution in [2.75, 3.05) is 39.8 Å². The zero-order valence-corrected chi connectivity index (χ0v) is 19.7. The van der Waals surface area contributed by atoms with Crippen LogP contribution in [0.4, 0.5) is 0 Å². The van der Waals surface area contributed by atoms with E-state index in [2.05, 4.69) is 34.3 Å². The van der Waals surface area contributed by atoms with Gasteiger partial charge in [-0.05, 0) is 48.5 Å². The Morgan fingerprint density at radius 3 is 2.48 bits per heavy atom. The predicted octanol–water partition coefficient (Wildman–Crippen LogP) is 4.64. The minimum absolute atomic E-state index is 0.0851. The standard InChI is InChI=1S/C27H30ClN3O2/c1-30-13-15-31(16-14-30)19-26(22-8-3-2-4-9-22)29-27(32)23-10-6-12-25(18-23)33-20-21-7-5-11-24(28)17-21/h2-12,17-18,26H,13-16,19-20H2,1H3,(H,29,32). The van der Waals surface area contributed by atoms with Gasteiger partial charge in [-0.3, -0.25) is 9.69 Å². The number of hydrogen-bond donors (Lipinski definition) is 1. The third-order valence-electron chi connectivity index (χ3n) is 5.93. The molecule has 0 aliphatic carbocycles. The number of piperazine rings is 1. The molecule has 1 amide bonds. The average molecular weight is 464 g/mol. The molecule has 6 heteroatoms. The van der Waals surface area contributed by atoms with E-state index in [0.29, 0.717) is 22.9 Å². The first-order valence-corrected chi connectivity index (χ1v) is 11.7. The van der Waals surface area contributed by atoms with Crippen molar-refractivity contribution in [2.24, 2.45) is 0 Å². The van der Waals surface area contributed by atoms with Gasteiger partial charge in [-0.15, -0.1) is 0 Å². The van der Waals surface area contributed by atoms with Gasteiger partial charge >= 0.3 is 0 Å². The molecule has 1 fully saturated rings. The molecule has 0 aromatic heterocycles. The molecule has 0 saturated carbocycles. The fraction of sp³-hybridized carbons (Fsp3) is 0.296. The molecule has 1 saturated heterocycles. The molecule has 1 aliphatic heterocycles. The number of benzene rings is 3. The van der Waals surface area contributed by atoms with Crippen molar-refractivity contribution in [3.8, 4) is 5.75 Å². The fourth-order valence-electron chi connectivity index (χ4n) is 3.97. The minimum atomic E-state index is -0.105. The Hall–Kier alpha value is -2.86. The number of ether oxygens (including phenoxy) is 1. The van der Waals surface area contributed by atoms with Crippen LogP contribution in [0.25, 0.3) is 0 Å². The summed E-state index contributed by atoms with van der Waals surface area (Å²) in [6.45, 7) is 5.27. The smallest absolute Gasteiger partial charge is 0.251 e. The molecule has 1 aliphatic rings. The normalized spacial score (nSPS) is 15.7. The fourth-order valence-corrected chi connectivity index (χ4v) is 4.18. The first kappa shape index (κ1) is 23.3. The topological polar surface area (TPSA) is 44.8 Å². The van der Waals surface area contributed by atoms with Crippen LogP contribution < -0.4 is 10.1 Å². The Morgan fingerprint density at radius 2 is 1.73 bits per heavy atom. The van der Waals surface area contributed by atoms with Gasteiger partial charge in [0.25, 0.3) is 5.91 Å². The number of rotatable bonds is 8. The molecule has 4 rings (SSSR count). The van der Waals surface area contributed by atoms with E-state index in [-0.39, 0.29) is 11.9 Å². The summed E-state index contributed by atoms with van der Waals surface area (Å²) in [4.78, 5) is 17.9. The minimum Gasteiger partial charge on any atom is -0.489 e. The van der Waals surface area contributed by atoms with Gasteiger partial charge in [0.05, 0.1) is 6.04 Å². The van der Waals surface area contributed by atoms with Gasteiger partial charge in [0, 0.05) is 43.3 Å². The van der Waals surface area contributed by atoms with Crippen LogP contribution in [0.15, 0.2) is 78.9 Å². The van der Waals surface area contributed by atoms with Crippen LogP contribution in [0.5, 0.6) is 5.75 Å². The van der Waals surface area contributed by atoms with Crippen LogP contribution in [-0.2, 0) is 6.61 Å². The van der Waals surface area contributed by atoms with E-state index in [1.807, 2.05) is 60.7 Å². The second-order valence-electron chi connectivity index (χ2n) is 8.49. The zero-order chi connectivity index (χ0) is 23.0. The van der Waals surface area contributed by atoms with Crippen LogP contribution >= 0.6 is 11.6 Å². The quantitative estimate of drug-likeness (QED) is 0.528. The van der Waals surface area contributed by atoms with E-state index in [1.165, 1.54) is 0 Å². The summed E-state index contributed by atoms with van der Waals surface area (Å²) in [5, 5.41) is 3.93. The third-order valence-corrected chi connectivity index (χ3v) is 6.17. The summed E-state index contributed by atoms with van der Waals surface area (Å²) in [5.74, 6) is 0.546. The molecule has 1 unspecified atom stereocenters. The molecule has 1 N–H and O–H groups in total. The second-order valence-corrected chi connectivity index (χ2v) is 8.92. The maximum atomic E-state index is 13.2. The summed E-state index contributed by atoms with van der Waals surface area (Å²) >= 11 is 6.05. The number of amides is 1. The van der Waals surface area contributed by atoms with Crippen molar-refractivity contribution >= 4 is 17.5 Å². The Kier molecular flexibility index (Phi) is 8.00. The monoisotopic (exact) mass is 463 g/mol. The predicted molar refractivity (Wildman–Crippen MR) is 133 cm³/mol. The summed E-state index contributed by atoms with van der Waals surface area (Å²) in [6.07, 6.45) is 0. The van der Waals surface area contributed by atoms with E-state index in [1.54, 1.807) is 6.07 Å². The molecule has 3 aromatic rings. The molecule has 33 heavy (non-hydrogen) atoms. The summed E-state index contributed by atoms with van der Waals surface area (Å²) in [5.41, 5.74) is 2.67. The van der Waals surface area contributed by atoms with Gasteiger partial charge in [0.15, 0.2) is 0 Å². The van der Waals surface area contributed by atoms with E-state index < -0.39 is 0 Å². The lowest BCUT2D eigenvalue weighted by Gasteiger charge is -2.35. The van der Waals surface area contributed by atoms with Crippen molar-refractivity contribution in [1.82, 2.24) is 15.1 Å². The molecule has 172 valence electrons. The van der Waals surface area contributed by atoms with Gasteiger partial charge in [-0.1, -0.05) is 60.1 Å². The third kappa shape index (κ3) is 6.81. The lowest BCUT2D eigenvalue weighted by molar-refractivity contribution is 0.0906. The molecule has 0 spiro atoms. The van der Waals surface area contributed by atoms with Gasteiger partial charge in [-0.2, -0.15) is 0 Å². The molecule has 1 heterocycles. The highest BCUT2D eigenvalue weighted by molar-refractivity contribution is 6.30. The molecular weight excluding hydrogens is 434 g/mol. The molecule has 3 aromatic carbocycles. The Bertz CT molecular complexity index is 1050. The number of nitrogens with one attached hydrogen (secondary N) is 1. The van der Waals surface area contributed by atoms with E-state index in [0.717, 1.165) is 43.9 Å². The number of nitrogens with zero attached hydrogens (tertiary/aromatic N) is 2. The van der Waals surface area contributed by atoms with Gasteiger partial charge in [0.1, 0.15) is 12.4 Å². The van der Waals surface area contributed by atoms with Crippen LogP contribution in [0.1, 0.15) is 27.5 Å². The van der Waals surface area contributed by atoms with Crippen LogP contribution in [0, 0.1) is 0 Å². The highest BCUT2D eigenvalue weighted by atomic mass is 35.5. The van der Waals surface area contributed by atoms with E-state index >= 15 is 0 Å². The first-order valence-electron chi connectivity index (χ1n) is 11.3. The Balaban J connectivity index is 1.43. The van der Waals surface area contributed by atoms with Crippen LogP contribution in [0.2, 0.25) is 5.02 Å². The molecule has 0 radical (unpaired) electrons. The maximum absolute atomic E-state index is 13.2. The van der Waals surface area contributed by atoms with Crippen LogP contribution in [-0.4, -0.2) is 55.5 Å². The van der Waals surface area contributed by atoms with Gasteiger partial charge in [-0.25, -0.2) is 0 Å². The molecule has 5 nitrogen and oxygen atoms in total. The van der Waals surface area contributed by atoms with Crippen molar-refractivity contribution in [3.05, 3.63) is 101 Å². The zero-order valence-electron chi connectivity index (χ0n) is 18.9. The van der Waals surface area contributed by atoms with Crippen molar-refractivity contribution in [3.63, 3.8) is 0 Å². The van der Waals surface area contributed by atoms with E-state index in [9.17, 15) is 4.79 Å². The Labute approximate surface area is 200 Å². The van der Waals surface area contributed by atoms with Crippen molar-refractivity contribution in [2.45, 2.75) is 12.6 Å². The number of carbonyl (C=O) groups is 1.